The average Bonchev–Trinajstić information content (AvgIpc) is 2.59. The lowest BCUT2D eigenvalue weighted by Gasteiger charge is -2.14. The molecule has 25 heavy (non-hydrogen) atoms. The van der Waals surface area contributed by atoms with Gasteiger partial charge in [0.15, 0.2) is 5.96 Å². The van der Waals surface area contributed by atoms with E-state index in [1.807, 2.05) is 27.1 Å². The number of guanidine groups is 1. The fourth-order valence-electron chi connectivity index (χ4n) is 2.23. The highest BCUT2D eigenvalue weighted by Crippen LogP contribution is 2.14. The van der Waals surface area contributed by atoms with Crippen LogP contribution in [0.3, 0.4) is 0 Å². The Bertz CT molecular complexity index is 671. The maximum absolute atomic E-state index is 12.9. The molecule has 0 radical (unpaired) electrons. The van der Waals surface area contributed by atoms with Gasteiger partial charge in [-0.15, -0.1) is 24.0 Å². The van der Waals surface area contributed by atoms with Crippen LogP contribution >= 0.6 is 24.0 Å². The summed E-state index contributed by atoms with van der Waals surface area (Å²) in [6.07, 6.45) is 0. The minimum absolute atomic E-state index is 0. The summed E-state index contributed by atoms with van der Waals surface area (Å²) in [5.41, 5.74) is 3.32. The summed E-state index contributed by atoms with van der Waals surface area (Å²) in [6.45, 7) is 4.01. The Morgan fingerprint density at radius 3 is 2.40 bits per heavy atom. The van der Waals surface area contributed by atoms with E-state index < -0.39 is 0 Å². The smallest absolute Gasteiger partial charge is 0.191 e. The molecule has 0 heterocycles. The van der Waals surface area contributed by atoms with Crippen LogP contribution in [0.2, 0.25) is 0 Å². The average molecular weight is 456 g/mol. The predicted molar refractivity (Wildman–Crippen MR) is 114 cm³/mol. The summed E-state index contributed by atoms with van der Waals surface area (Å²) in [6, 6.07) is 14.8. The number of aliphatic imine (C=N–C) groups is 1. The topological polar surface area (TPSA) is 39.7 Å². The monoisotopic (exact) mass is 456 g/mol. The van der Waals surface area contributed by atoms with E-state index in [1.165, 1.54) is 12.1 Å². The molecule has 0 aliphatic heterocycles. The normalized spacial score (nSPS) is 10.8. The fourth-order valence-corrected chi connectivity index (χ4v) is 2.23. The van der Waals surface area contributed by atoms with Gasteiger partial charge in [0.25, 0.3) is 0 Å². The third kappa shape index (κ3) is 7.29. The first-order valence-corrected chi connectivity index (χ1v) is 8.11. The summed E-state index contributed by atoms with van der Waals surface area (Å²) < 4.78 is 12.9. The van der Waals surface area contributed by atoms with Gasteiger partial charge >= 0.3 is 0 Å². The van der Waals surface area contributed by atoms with Gasteiger partial charge in [0.05, 0.1) is 6.54 Å². The number of hydrogen-bond acceptors (Lipinski definition) is 2. The van der Waals surface area contributed by atoms with Gasteiger partial charge in [0.2, 0.25) is 0 Å². The number of anilines is 1. The zero-order chi connectivity index (χ0) is 17.4. The fraction of sp³-hybridized carbons (Fsp3) is 0.316. The van der Waals surface area contributed by atoms with E-state index in [4.69, 9.17) is 0 Å². The number of benzene rings is 2. The Morgan fingerprint density at radius 1 is 1.04 bits per heavy atom. The molecule has 6 heteroatoms. The SMILES string of the molecule is CCNC(=NCc1cccc(N(C)C)c1)NCc1ccc(F)cc1.I. The van der Waals surface area contributed by atoms with Crippen molar-refractivity contribution in [2.75, 3.05) is 25.5 Å². The minimum atomic E-state index is -0.222. The lowest BCUT2D eigenvalue weighted by molar-refractivity contribution is 0.626. The van der Waals surface area contributed by atoms with Crippen molar-refractivity contribution in [3.05, 3.63) is 65.5 Å². The predicted octanol–water partition coefficient (Wildman–Crippen LogP) is 3.77. The van der Waals surface area contributed by atoms with Crippen LogP contribution in [0, 0.1) is 5.82 Å². The maximum Gasteiger partial charge on any atom is 0.191 e. The van der Waals surface area contributed by atoms with Gasteiger partial charge < -0.3 is 15.5 Å². The van der Waals surface area contributed by atoms with Gasteiger partial charge in [-0.2, -0.15) is 0 Å². The third-order valence-corrected chi connectivity index (χ3v) is 3.56. The van der Waals surface area contributed by atoms with Gasteiger partial charge in [0, 0.05) is 32.9 Å². The van der Waals surface area contributed by atoms with Crippen molar-refractivity contribution in [1.82, 2.24) is 10.6 Å². The van der Waals surface area contributed by atoms with Gasteiger partial charge in [-0.1, -0.05) is 24.3 Å². The first-order chi connectivity index (χ1) is 11.6. The molecule has 0 unspecified atom stereocenters. The second kappa shape index (κ2) is 10.9. The molecule has 2 aromatic rings. The molecule has 0 aliphatic rings. The molecule has 0 saturated carbocycles. The van der Waals surface area contributed by atoms with Crippen molar-refractivity contribution in [3.8, 4) is 0 Å². The molecule has 0 aromatic heterocycles. The molecule has 2 aromatic carbocycles. The number of rotatable bonds is 6. The van der Waals surface area contributed by atoms with Crippen LogP contribution in [0.4, 0.5) is 10.1 Å². The second-order valence-corrected chi connectivity index (χ2v) is 5.74. The van der Waals surface area contributed by atoms with Crippen molar-refractivity contribution < 1.29 is 4.39 Å². The summed E-state index contributed by atoms with van der Waals surface area (Å²) in [5, 5.41) is 6.50. The lowest BCUT2D eigenvalue weighted by atomic mass is 10.2. The summed E-state index contributed by atoms with van der Waals surface area (Å²) in [4.78, 5) is 6.69. The highest BCUT2D eigenvalue weighted by Gasteiger charge is 2.01. The van der Waals surface area contributed by atoms with Crippen molar-refractivity contribution >= 4 is 35.6 Å². The van der Waals surface area contributed by atoms with Crippen LogP contribution < -0.4 is 15.5 Å². The van der Waals surface area contributed by atoms with Crippen LogP contribution in [0.15, 0.2) is 53.5 Å². The number of halogens is 2. The largest absolute Gasteiger partial charge is 0.378 e. The minimum Gasteiger partial charge on any atom is -0.378 e. The Hall–Kier alpha value is -1.83. The molecular formula is C19H26FIN4. The first-order valence-electron chi connectivity index (χ1n) is 8.11. The van der Waals surface area contributed by atoms with E-state index in [1.54, 1.807) is 12.1 Å². The van der Waals surface area contributed by atoms with E-state index in [0.29, 0.717) is 13.1 Å². The number of nitrogens with zero attached hydrogens (tertiary/aromatic N) is 2. The van der Waals surface area contributed by atoms with Crippen LogP contribution in [0.25, 0.3) is 0 Å². The van der Waals surface area contributed by atoms with Crippen LogP contribution in [-0.2, 0) is 13.1 Å². The maximum atomic E-state index is 12.9. The van der Waals surface area contributed by atoms with Gasteiger partial charge in [-0.05, 0) is 42.3 Å². The first kappa shape index (κ1) is 21.2. The number of hydrogen-bond donors (Lipinski definition) is 2. The highest BCUT2D eigenvalue weighted by atomic mass is 127. The molecule has 0 spiro atoms. The van der Waals surface area contributed by atoms with Gasteiger partial charge in [0.1, 0.15) is 5.82 Å². The second-order valence-electron chi connectivity index (χ2n) is 5.74. The van der Waals surface area contributed by atoms with Crippen LogP contribution in [0.5, 0.6) is 0 Å². The van der Waals surface area contributed by atoms with E-state index in [0.717, 1.165) is 29.3 Å². The lowest BCUT2D eigenvalue weighted by Crippen LogP contribution is -2.36. The molecule has 2 N–H and O–H groups in total. The molecule has 0 atom stereocenters. The summed E-state index contributed by atoms with van der Waals surface area (Å²) in [5.74, 6) is 0.525. The van der Waals surface area contributed by atoms with E-state index in [-0.39, 0.29) is 29.8 Å². The zero-order valence-corrected chi connectivity index (χ0v) is 17.3. The van der Waals surface area contributed by atoms with Crippen molar-refractivity contribution in [2.45, 2.75) is 20.0 Å². The molecular weight excluding hydrogens is 430 g/mol. The molecule has 0 amide bonds. The summed E-state index contributed by atoms with van der Waals surface area (Å²) in [7, 11) is 4.05. The Kier molecular flexibility index (Phi) is 9.26. The van der Waals surface area contributed by atoms with Crippen molar-refractivity contribution in [3.63, 3.8) is 0 Å². The Labute approximate surface area is 166 Å². The molecule has 0 aliphatic carbocycles. The van der Waals surface area contributed by atoms with E-state index in [2.05, 4.69) is 38.7 Å². The Morgan fingerprint density at radius 2 is 1.76 bits per heavy atom. The molecule has 136 valence electrons. The summed E-state index contributed by atoms with van der Waals surface area (Å²) >= 11 is 0. The third-order valence-electron chi connectivity index (χ3n) is 3.56. The zero-order valence-electron chi connectivity index (χ0n) is 14.9. The Balaban J connectivity index is 0.00000312. The molecule has 4 nitrogen and oxygen atoms in total. The molecule has 2 rings (SSSR count). The van der Waals surface area contributed by atoms with Crippen molar-refractivity contribution in [2.24, 2.45) is 4.99 Å². The quantitative estimate of drug-likeness (QED) is 0.395. The van der Waals surface area contributed by atoms with Gasteiger partial charge in [-0.25, -0.2) is 9.38 Å². The van der Waals surface area contributed by atoms with Gasteiger partial charge in [-0.3, -0.25) is 0 Å². The standard InChI is InChI=1S/C19H25FN4.HI/c1-4-21-19(22-13-15-8-10-17(20)11-9-15)23-14-16-6-5-7-18(12-16)24(2)3;/h5-12H,4,13-14H2,1-3H3,(H2,21,22,23);1H. The molecule has 0 saturated heterocycles. The number of nitrogens with one attached hydrogen (secondary N) is 2. The van der Waals surface area contributed by atoms with E-state index in [9.17, 15) is 4.39 Å². The van der Waals surface area contributed by atoms with E-state index >= 15 is 0 Å². The van der Waals surface area contributed by atoms with Crippen LogP contribution in [0.1, 0.15) is 18.1 Å². The van der Waals surface area contributed by atoms with Crippen molar-refractivity contribution in [1.29, 1.82) is 0 Å². The van der Waals surface area contributed by atoms with Crippen LogP contribution in [-0.4, -0.2) is 26.6 Å². The molecule has 0 fully saturated rings. The molecule has 0 bridgehead atoms. The highest BCUT2D eigenvalue weighted by molar-refractivity contribution is 14.0.